The molecule has 2 atom stereocenters. The summed E-state index contributed by atoms with van der Waals surface area (Å²) in [5.74, 6) is -0.174. The maximum absolute atomic E-state index is 12.1. The zero-order valence-corrected chi connectivity index (χ0v) is 14.6. The Bertz CT molecular complexity index is 779. The number of benzene rings is 2. The third-order valence-electron chi connectivity index (χ3n) is 4.34. The van der Waals surface area contributed by atoms with Crippen LogP contribution in [0.2, 0.25) is 0 Å². The minimum absolute atomic E-state index is 0.00545. The highest BCUT2D eigenvalue weighted by Gasteiger charge is 2.40. The lowest BCUT2D eigenvalue weighted by molar-refractivity contribution is -0.136. The molecule has 1 saturated carbocycles. The molecule has 1 aliphatic carbocycles. The van der Waals surface area contributed by atoms with Gasteiger partial charge in [-0.05, 0) is 61.2 Å². The molecule has 0 aliphatic heterocycles. The normalized spacial score (nSPS) is 18.4. The van der Waals surface area contributed by atoms with Gasteiger partial charge in [0.25, 0.3) is 0 Å². The molecule has 3 rings (SSSR count). The molecule has 1 aliphatic rings. The molecular formula is C20H22N2O3. The average molecular weight is 338 g/mol. The highest BCUT2D eigenvalue weighted by Crippen LogP contribution is 2.41. The summed E-state index contributed by atoms with van der Waals surface area (Å²) >= 11 is 0. The van der Waals surface area contributed by atoms with Crippen LogP contribution in [0.25, 0.3) is 0 Å². The first kappa shape index (κ1) is 17.0. The molecule has 0 saturated heterocycles. The molecule has 2 aromatic rings. The van der Waals surface area contributed by atoms with Crippen molar-refractivity contribution in [2.45, 2.75) is 32.2 Å². The lowest BCUT2D eigenvalue weighted by atomic mass is 10.1. The van der Waals surface area contributed by atoms with Gasteiger partial charge >= 0.3 is 11.8 Å². The van der Waals surface area contributed by atoms with Gasteiger partial charge in [-0.3, -0.25) is 9.59 Å². The number of hydrogen-bond acceptors (Lipinski definition) is 3. The number of amides is 2. The van der Waals surface area contributed by atoms with Gasteiger partial charge in [-0.2, -0.15) is 0 Å². The van der Waals surface area contributed by atoms with Crippen LogP contribution in [0, 0.1) is 13.8 Å². The summed E-state index contributed by atoms with van der Waals surface area (Å²) in [7, 11) is 1.63. The van der Waals surface area contributed by atoms with E-state index in [0.29, 0.717) is 5.69 Å². The van der Waals surface area contributed by atoms with Crippen LogP contribution in [0.15, 0.2) is 42.5 Å². The van der Waals surface area contributed by atoms with Crippen molar-refractivity contribution < 1.29 is 14.3 Å². The standard InChI is InChI=1S/C20H22N2O3/c1-12-8-13(2)10-15(9-12)21-19(23)20(24)22-18-11-17(18)14-4-6-16(25-3)7-5-14/h4-10,17-18H,11H2,1-3H3,(H,21,23)(H,22,24)/t17-,18+/m1/s1. The van der Waals surface area contributed by atoms with E-state index in [1.54, 1.807) is 7.11 Å². The molecule has 0 spiro atoms. The van der Waals surface area contributed by atoms with Crippen LogP contribution in [-0.4, -0.2) is 25.0 Å². The smallest absolute Gasteiger partial charge is 0.313 e. The zero-order chi connectivity index (χ0) is 18.0. The third-order valence-corrected chi connectivity index (χ3v) is 4.34. The topological polar surface area (TPSA) is 67.4 Å². The van der Waals surface area contributed by atoms with Crippen LogP contribution in [0.4, 0.5) is 5.69 Å². The lowest BCUT2D eigenvalue weighted by Crippen LogP contribution is -2.37. The van der Waals surface area contributed by atoms with E-state index in [-0.39, 0.29) is 12.0 Å². The van der Waals surface area contributed by atoms with E-state index in [0.717, 1.165) is 28.9 Å². The monoisotopic (exact) mass is 338 g/mol. The van der Waals surface area contributed by atoms with Crippen molar-refractivity contribution in [3.8, 4) is 5.75 Å². The maximum atomic E-state index is 12.1. The first-order valence-corrected chi connectivity index (χ1v) is 8.30. The quantitative estimate of drug-likeness (QED) is 0.842. The molecule has 5 nitrogen and oxygen atoms in total. The predicted molar refractivity (Wildman–Crippen MR) is 96.8 cm³/mol. The molecule has 25 heavy (non-hydrogen) atoms. The van der Waals surface area contributed by atoms with E-state index in [2.05, 4.69) is 10.6 Å². The van der Waals surface area contributed by atoms with Gasteiger partial charge in [0, 0.05) is 17.6 Å². The van der Waals surface area contributed by atoms with Crippen molar-refractivity contribution in [2.75, 3.05) is 12.4 Å². The Morgan fingerprint density at radius 3 is 2.24 bits per heavy atom. The molecule has 5 heteroatoms. The fourth-order valence-corrected chi connectivity index (χ4v) is 3.04. The largest absolute Gasteiger partial charge is 0.497 e. The van der Waals surface area contributed by atoms with Crippen molar-refractivity contribution in [3.63, 3.8) is 0 Å². The summed E-state index contributed by atoms with van der Waals surface area (Å²) < 4.78 is 5.14. The third kappa shape index (κ3) is 4.18. The minimum Gasteiger partial charge on any atom is -0.497 e. The number of rotatable bonds is 4. The van der Waals surface area contributed by atoms with Crippen LogP contribution in [0.1, 0.15) is 29.0 Å². The van der Waals surface area contributed by atoms with Crippen LogP contribution in [0.3, 0.4) is 0 Å². The van der Waals surface area contributed by atoms with E-state index < -0.39 is 11.8 Å². The number of nitrogens with one attached hydrogen (secondary N) is 2. The second-order valence-electron chi connectivity index (χ2n) is 6.53. The number of carbonyl (C=O) groups excluding carboxylic acids is 2. The molecule has 2 N–H and O–H groups in total. The summed E-state index contributed by atoms with van der Waals surface area (Å²) in [6.45, 7) is 3.90. The van der Waals surface area contributed by atoms with Gasteiger partial charge in [0.1, 0.15) is 5.75 Å². The van der Waals surface area contributed by atoms with Crippen LogP contribution in [0.5, 0.6) is 5.75 Å². The Balaban J connectivity index is 1.54. The molecule has 1 fully saturated rings. The number of carbonyl (C=O) groups is 2. The van der Waals surface area contributed by atoms with Crippen molar-refractivity contribution in [1.82, 2.24) is 5.32 Å². The Morgan fingerprint density at radius 1 is 1.00 bits per heavy atom. The van der Waals surface area contributed by atoms with E-state index in [1.807, 2.05) is 56.3 Å². The van der Waals surface area contributed by atoms with Gasteiger partial charge in [-0.15, -0.1) is 0 Å². The number of ether oxygens (including phenoxy) is 1. The Morgan fingerprint density at radius 2 is 1.64 bits per heavy atom. The average Bonchev–Trinajstić information content (AvgIpc) is 3.33. The molecule has 0 bridgehead atoms. The number of anilines is 1. The summed E-state index contributed by atoms with van der Waals surface area (Å²) in [4.78, 5) is 24.2. The Labute approximate surface area is 147 Å². The first-order valence-electron chi connectivity index (χ1n) is 8.30. The lowest BCUT2D eigenvalue weighted by Gasteiger charge is -2.08. The highest BCUT2D eigenvalue weighted by molar-refractivity contribution is 6.39. The van der Waals surface area contributed by atoms with E-state index in [9.17, 15) is 9.59 Å². The second-order valence-corrected chi connectivity index (χ2v) is 6.53. The maximum Gasteiger partial charge on any atom is 0.313 e. The molecule has 2 aromatic carbocycles. The van der Waals surface area contributed by atoms with Crippen molar-refractivity contribution in [3.05, 3.63) is 59.2 Å². The molecule has 2 amide bonds. The highest BCUT2D eigenvalue weighted by atomic mass is 16.5. The van der Waals surface area contributed by atoms with E-state index >= 15 is 0 Å². The number of methoxy groups -OCH3 is 1. The minimum atomic E-state index is -0.634. The number of hydrogen-bond donors (Lipinski definition) is 2. The van der Waals surface area contributed by atoms with Gasteiger partial charge in [0.2, 0.25) is 0 Å². The summed E-state index contributed by atoms with van der Waals surface area (Å²) in [6.07, 6.45) is 0.842. The first-order chi connectivity index (χ1) is 12.0. The predicted octanol–water partition coefficient (Wildman–Crippen LogP) is 2.92. The molecule has 0 radical (unpaired) electrons. The summed E-state index contributed by atoms with van der Waals surface area (Å²) in [5, 5.41) is 5.46. The fourth-order valence-electron chi connectivity index (χ4n) is 3.04. The van der Waals surface area contributed by atoms with Crippen molar-refractivity contribution >= 4 is 17.5 Å². The van der Waals surface area contributed by atoms with E-state index in [4.69, 9.17) is 4.74 Å². The summed E-state index contributed by atoms with van der Waals surface area (Å²) in [6, 6.07) is 13.5. The second kappa shape index (κ2) is 6.97. The Hall–Kier alpha value is -2.82. The molecular weight excluding hydrogens is 316 g/mol. The molecule has 0 unspecified atom stereocenters. The van der Waals surface area contributed by atoms with Gasteiger partial charge in [-0.1, -0.05) is 18.2 Å². The number of aryl methyl sites for hydroxylation is 2. The van der Waals surface area contributed by atoms with Crippen molar-refractivity contribution in [2.24, 2.45) is 0 Å². The van der Waals surface area contributed by atoms with Crippen LogP contribution < -0.4 is 15.4 Å². The SMILES string of the molecule is COc1ccc([C@H]2C[C@@H]2NC(=O)C(=O)Nc2cc(C)cc(C)c2)cc1. The van der Waals surface area contributed by atoms with E-state index in [1.165, 1.54) is 0 Å². The van der Waals surface area contributed by atoms with Crippen LogP contribution >= 0.6 is 0 Å². The molecule has 0 heterocycles. The zero-order valence-electron chi connectivity index (χ0n) is 14.6. The van der Waals surface area contributed by atoms with Gasteiger partial charge in [0.05, 0.1) is 7.11 Å². The van der Waals surface area contributed by atoms with Gasteiger partial charge in [-0.25, -0.2) is 0 Å². The molecule has 0 aromatic heterocycles. The van der Waals surface area contributed by atoms with Gasteiger partial charge < -0.3 is 15.4 Å². The fraction of sp³-hybridized carbons (Fsp3) is 0.300. The van der Waals surface area contributed by atoms with Crippen molar-refractivity contribution in [1.29, 1.82) is 0 Å². The van der Waals surface area contributed by atoms with Gasteiger partial charge in [0.15, 0.2) is 0 Å². The Kier molecular flexibility index (Phi) is 4.74. The van der Waals surface area contributed by atoms with Crippen LogP contribution in [-0.2, 0) is 9.59 Å². The summed E-state index contributed by atoms with van der Waals surface area (Å²) in [5.41, 5.74) is 3.86. The molecule has 130 valence electrons.